The molecule has 1 rings (SSSR count). The van der Waals surface area contributed by atoms with E-state index in [9.17, 15) is 9.59 Å². The number of nitrogens with one attached hydrogen (secondary N) is 2. The number of nitrogens with zero attached hydrogens (tertiary/aromatic N) is 2. The molecule has 4 N–H and O–H groups in total. The average Bonchev–Trinajstić information content (AvgIpc) is 2.68. The van der Waals surface area contributed by atoms with Crippen LogP contribution in [0.5, 0.6) is 0 Å². The van der Waals surface area contributed by atoms with E-state index in [1.165, 1.54) is 0 Å². The van der Waals surface area contributed by atoms with Crippen LogP contribution in [0.15, 0.2) is 4.52 Å². The fraction of sp³-hybridized carbons (Fsp3) is 0.375. The molecule has 92 valence electrons. The summed E-state index contributed by atoms with van der Waals surface area (Å²) < 4.78 is 4.74. The molecule has 1 aromatic heterocycles. The fourth-order valence-electron chi connectivity index (χ4n) is 0.896. The first kappa shape index (κ1) is 13.0. The number of amides is 2. The lowest BCUT2D eigenvalue weighted by atomic mass is 10.5. The quantitative estimate of drug-likeness (QED) is 0.438. The van der Waals surface area contributed by atoms with Gasteiger partial charge in [-0.2, -0.15) is 4.98 Å². The maximum atomic E-state index is 11.2. The molecule has 9 heteroatoms. The minimum absolute atomic E-state index is 0.0137. The van der Waals surface area contributed by atoms with Crippen molar-refractivity contribution < 1.29 is 14.1 Å². The van der Waals surface area contributed by atoms with Crippen molar-refractivity contribution in [3.05, 3.63) is 11.7 Å². The number of carbonyl (C=O) groups is 2. The molecule has 1 heterocycles. The third kappa shape index (κ3) is 4.55. The van der Waals surface area contributed by atoms with Gasteiger partial charge in [0.2, 0.25) is 5.89 Å². The van der Waals surface area contributed by atoms with Gasteiger partial charge in [0.1, 0.15) is 0 Å². The van der Waals surface area contributed by atoms with Crippen LogP contribution in [0.1, 0.15) is 11.7 Å². The molecule has 0 radical (unpaired) electrons. The highest BCUT2D eigenvalue weighted by molar-refractivity contribution is 7.80. The third-order valence-corrected chi connectivity index (χ3v) is 1.74. The van der Waals surface area contributed by atoms with E-state index in [1.807, 2.05) is 0 Å². The summed E-state index contributed by atoms with van der Waals surface area (Å²) in [5.41, 5.74) is 5.16. The van der Waals surface area contributed by atoms with E-state index in [0.29, 0.717) is 5.82 Å². The topological polar surface area (TPSA) is 123 Å². The van der Waals surface area contributed by atoms with Gasteiger partial charge in [-0.3, -0.25) is 9.59 Å². The molecular weight excluding hydrogens is 246 g/mol. The average molecular weight is 257 g/mol. The van der Waals surface area contributed by atoms with Gasteiger partial charge in [0.25, 0.3) is 0 Å². The molecule has 0 bridgehead atoms. The third-order valence-electron chi connectivity index (χ3n) is 1.60. The Balaban J connectivity index is 2.34. The van der Waals surface area contributed by atoms with Gasteiger partial charge in [0.05, 0.1) is 18.1 Å². The summed E-state index contributed by atoms with van der Waals surface area (Å²) in [6.07, 6.45) is 0. The predicted octanol–water partition coefficient (Wildman–Crippen LogP) is -1.60. The fourth-order valence-corrected chi connectivity index (χ4v) is 0.968. The molecule has 2 amide bonds. The van der Waals surface area contributed by atoms with E-state index in [0.717, 1.165) is 0 Å². The largest absolute Gasteiger partial charge is 0.392 e. The lowest BCUT2D eigenvalue weighted by molar-refractivity contribution is -0.139. The van der Waals surface area contributed by atoms with Crippen LogP contribution in [-0.4, -0.2) is 33.5 Å². The van der Waals surface area contributed by atoms with E-state index in [4.69, 9.17) is 10.3 Å². The normalized spacial score (nSPS) is 9.71. The molecule has 0 spiro atoms. The first-order valence-corrected chi connectivity index (χ1v) is 5.03. The molecule has 0 aliphatic carbocycles. The summed E-state index contributed by atoms with van der Waals surface area (Å²) in [5.74, 6) is -0.976. The van der Waals surface area contributed by atoms with Crippen molar-refractivity contribution in [3.8, 4) is 0 Å². The Morgan fingerprint density at radius 3 is 2.59 bits per heavy atom. The van der Waals surface area contributed by atoms with Crippen LogP contribution in [0.2, 0.25) is 0 Å². The molecule has 8 nitrogen and oxygen atoms in total. The van der Waals surface area contributed by atoms with Crippen molar-refractivity contribution in [1.29, 1.82) is 0 Å². The molecule has 0 aliphatic rings. The Kier molecular flexibility index (Phi) is 4.52. The van der Waals surface area contributed by atoms with Crippen LogP contribution >= 0.6 is 12.2 Å². The van der Waals surface area contributed by atoms with E-state index in [1.54, 1.807) is 6.92 Å². The maximum absolute atomic E-state index is 11.2. The van der Waals surface area contributed by atoms with Crippen LogP contribution in [0.25, 0.3) is 0 Å². The Bertz CT molecular complexity index is 444. The second kappa shape index (κ2) is 5.89. The first-order valence-electron chi connectivity index (χ1n) is 4.62. The Hall–Kier alpha value is -2.03. The maximum Gasteiger partial charge on any atom is 0.309 e. The molecule has 0 aromatic carbocycles. The Morgan fingerprint density at radius 2 is 2.06 bits per heavy atom. The number of carbonyl (C=O) groups excluding carboxylic acids is 2. The van der Waals surface area contributed by atoms with Crippen LogP contribution in [-0.2, 0) is 16.1 Å². The molecule has 0 atom stereocenters. The molecule has 0 saturated heterocycles. The van der Waals surface area contributed by atoms with Crippen molar-refractivity contribution in [2.24, 2.45) is 5.73 Å². The molecular formula is C8H11N5O3S. The number of rotatable bonds is 4. The summed E-state index contributed by atoms with van der Waals surface area (Å²) in [7, 11) is 0. The second-order valence-electron chi connectivity index (χ2n) is 3.07. The molecule has 17 heavy (non-hydrogen) atoms. The molecule has 0 aliphatic heterocycles. The van der Waals surface area contributed by atoms with Gasteiger partial charge in [-0.25, -0.2) is 0 Å². The summed E-state index contributed by atoms with van der Waals surface area (Å²) in [6, 6.07) is 0. The number of thiocarbonyl (C=S) groups is 1. The Labute approximate surface area is 102 Å². The van der Waals surface area contributed by atoms with Gasteiger partial charge in [-0.15, -0.1) is 0 Å². The summed E-state index contributed by atoms with van der Waals surface area (Å²) in [5, 5.41) is 8.07. The number of hydrogen-bond acceptors (Lipinski definition) is 6. The van der Waals surface area contributed by atoms with E-state index in [2.05, 4.69) is 33.0 Å². The minimum atomic E-state index is -0.825. The van der Waals surface area contributed by atoms with Crippen molar-refractivity contribution in [2.45, 2.75) is 13.5 Å². The zero-order valence-electron chi connectivity index (χ0n) is 9.02. The van der Waals surface area contributed by atoms with Gasteiger partial charge in [0.15, 0.2) is 5.82 Å². The van der Waals surface area contributed by atoms with Gasteiger partial charge in [-0.1, -0.05) is 17.4 Å². The monoisotopic (exact) mass is 257 g/mol. The molecule has 0 fully saturated rings. The zero-order chi connectivity index (χ0) is 12.8. The lowest BCUT2D eigenvalue weighted by Crippen LogP contribution is -2.42. The van der Waals surface area contributed by atoms with Crippen LogP contribution in [0, 0.1) is 6.92 Å². The number of aromatic nitrogens is 2. The lowest BCUT2D eigenvalue weighted by Gasteiger charge is -2.03. The van der Waals surface area contributed by atoms with Crippen molar-refractivity contribution >= 4 is 29.0 Å². The number of nitrogens with two attached hydrogens (primary N) is 1. The summed E-state index contributed by atoms with van der Waals surface area (Å²) in [4.78, 5) is 26.4. The van der Waals surface area contributed by atoms with Gasteiger partial charge >= 0.3 is 11.8 Å². The Morgan fingerprint density at radius 1 is 1.41 bits per heavy atom. The van der Waals surface area contributed by atoms with Crippen LogP contribution in [0.3, 0.4) is 0 Å². The molecule has 1 aromatic rings. The summed E-state index contributed by atoms with van der Waals surface area (Å²) in [6.45, 7) is 1.60. The van der Waals surface area contributed by atoms with E-state index >= 15 is 0 Å². The molecule has 0 saturated carbocycles. The highest BCUT2D eigenvalue weighted by Crippen LogP contribution is 1.94. The highest BCUT2D eigenvalue weighted by atomic mass is 32.1. The SMILES string of the molecule is Cc1noc(CNC(=O)C(=O)NCC(N)=S)n1. The van der Waals surface area contributed by atoms with Crippen LogP contribution < -0.4 is 16.4 Å². The van der Waals surface area contributed by atoms with Crippen LogP contribution in [0.4, 0.5) is 0 Å². The second-order valence-corrected chi connectivity index (χ2v) is 3.59. The first-order chi connectivity index (χ1) is 7.99. The number of aryl methyl sites for hydroxylation is 1. The zero-order valence-corrected chi connectivity index (χ0v) is 9.84. The summed E-state index contributed by atoms with van der Waals surface area (Å²) >= 11 is 4.54. The standard InChI is InChI=1S/C8H11N5O3S/c1-4-12-6(16-13-4)3-11-8(15)7(14)10-2-5(9)17/h2-3H2,1H3,(H2,9,17)(H,10,14)(H,11,15). The molecule has 0 unspecified atom stereocenters. The van der Waals surface area contributed by atoms with E-state index in [-0.39, 0.29) is 24.0 Å². The predicted molar refractivity (Wildman–Crippen MR) is 60.7 cm³/mol. The van der Waals surface area contributed by atoms with Gasteiger partial charge < -0.3 is 20.9 Å². The van der Waals surface area contributed by atoms with Gasteiger partial charge in [-0.05, 0) is 6.92 Å². The van der Waals surface area contributed by atoms with Crippen molar-refractivity contribution in [2.75, 3.05) is 6.54 Å². The smallest absolute Gasteiger partial charge is 0.309 e. The van der Waals surface area contributed by atoms with Crippen molar-refractivity contribution in [1.82, 2.24) is 20.8 Å². The highest BCUT2D eigenvalue weighted by Gasteiger charge is 2.14. The van der Waals surface area contributed by atoms with Gasteiger partial charge in [0, 0.05) is 0 Å². The van der Waals surface area contributed by atoms with E-state index < -0.39 is 11.8 Å². The number of hydrogen-bond donors (Lipinski definition) is 3. The minimum Gasteiger partial charge on any atom is -0.392 e. The van der Waals surface area contributed by atoms with Crippen molar-refractivity contribution in [3.63, 3.8) is 0 Å².